The number of nitrogens with zero attached hydrogens (tertiary/aromatic N) is 3. The third-order valence-corrected chi connectivity index (χ3v) is 4.40. The molecule has 2 N–H and O–H groups in total. The number of anilines is 2. The number of hydrogen-bond donors (Lipinski definition) is 2. The van der Waals surface area contributed by atoms with Gasteiger partial charge in [-0.25, -0.2) is 9.50 Å². The number of halogens is 4. The van der Waals surface area contributed by atoms with Gasteiger partial charge in [0.05, 0.1) is 5.56 Å². The van der Waals surface area contributed by atoms with Crippen molar-refractivity contribution in [3.05, 3.63) is 70.9 Å². The number of alkyl halides is 3. The smallest absolute Gasteiger partial charge is 0.338 e. The van der Waals surface area contributed by atoms with Crippen molar-refractivity contribution in [2.24, 2.45) is 0 Å². The Hall–Kier alpha value is -3.44. The third kappa shape index (κ3) is 3.17. The molecule has 0 unspecified atom stereocenters. The van der Waals surface area contributed by atoms with Gasteiger partial charge in [-0.05, 0) is 30.3 Å². The Bertz CT molecular complexity index is 1200. The molecule has 0 bridgehead atoms. The van der Waals surface area contributed by atoms with E-state index in [1.165, 1.54) is 22.8 Å². The van der Waals surface area contributed by atoms with Crippen LogP contribution in [0.2, 0.25) is 5.02 Å². The van der Waals surface area contributed by atoms with Gasteiger partial charge in [0.2, 0.25) is 0 Å². The standard InChI is InChI=1S/C19H11ClF3N5/c20-14-6-4-11(5-7-14)16-18(28-17(27-16)12(9-24)10-25-28)26-15-3-1-2-13(8-15)19(21,22)23/h1-8,10,25-26H. The average molecular weight is 402 g/mol. The molecule has 0 amide bonds. The van der Waals surface area contributed by atoms with Crippen LogP contribution in [0, 0.1) is 11.3 Å². The first kappa shape index (κ1) is 17.9. The van der Waals surface area contributed by atoms with E-state index < -0.39 is 11.7 Å². The van der Waals surface area contributed by atoms with Crippen LogP contribution >= 0.6 is 11.6 Å². The van der Waals surface area contributed by atoms with Gasteiger partial charge in [0, 0.05) is 22.5 Å². The van der Waals surface area contributed by atoms with E-state index in [-0.39, 0.29) is 5.69 Å². The highest BCUT2D eigenvalue weighted by atomic mass is 35.5. The summed E-state index contributed by atoms with van der Waals surface area (Å²) in [6.07, 6.45) is -2.98. The summed E-state index contributed by atoms with van der Waals surface area (Å²) in [5.74, 6) is 0.401. The monoisotopic (exact) mass is 401 g/mol. The number of nitriles is 1. The number of aromatic nitrogens is 3. The minimum atomic E-state index is -4.45. The molecule has 28 heavy (non-hydrogen) atoms. The molecule has 0 radical (unpaired) electrons. The Morgan fingerprint density at radius 3 is 2.57 bits per heavy atom. The Kier molecular flexibility index (Phi) is 4.24. The van der Waals surface area contributed by atoms with Gasteiger partial charge in [0.1, 0.15) is 17.3 Å². The van der Waals surface area contributed by atoms with Crippen LogP contribution in [-0.2, 0) is 6.18 Å². The summed E-state index contributed by atoms with van der Waals surface area (Å²) < 4.78 is 40.6. The molecule has 5 nitrogen and oxygen atoms in total. The fraction of sp³-hybridized carbons (Fsp3) is 0.0526. The van der Waals surface area contributed by atoms with Gasteiger partial charge in [-0.1, -0.05) is 29.8 Å². The third-order valence-electron chi connectivity index (χ3n) is 4.15. The number of aromatic amines is 1. The van der Waals surface area contributed by atoms with E-state index >= 15 is 0 Å². The van der Waals surface area contributed by atoms with Crippen LogP contribution in [0.5, 0.6) is 0 Å². The molecule has 0 saturated carbocycles. The molecule has 4 aromatic rings. The van der Waals surface area contributed by atoms with E-state index in [0.717, 1.165) is 12.1 Å². The van der Waals surface area contributed by atoms with E-state index in [2.05, 4.69) is 15.4 Å². The quantitative estimate of drug-likeness (QED) is 0.468. The maximum atomic E-state index is 13.0. The molecule has 4 rings (SSSR count). The second-order valence-corrected chi connectivity index (χ2v) is 6.41. The van der Waals surface area contributed by atoms with Crippen LogP contribution in [0.1, 0.15) is 11.1 Å². The van der Waals surface area contributed by atoms with Crippen LogP contribution in [0.25, 0.3) is 16.9 Å². The van der Waals surface area contributed by atoms with Gasteiger partial charge < -0.3 is 5.32 Å². The van der Waals surface area contributed by atoms with Crippen molar-refractivity contribution in [2.75, 3.05) is 5.32 Å². The average Bonchev–Trinajstić information content (AvgIpc) is 3.22. The summed E-state index contributed by atoms with van der Waals surface area (Å²) in [6, 6.07) is 13.7. The molecule has 0 atom stereocenters. The van der Waals surface area contributed by atoms with Crippen molar-refractivity contribution >= 4 is 28.8 Å². The van der Waals surface area contributed by atoms with E-state index in [4.69, 9.17) is 11.6 Å². The highest BCUT2D eigenvalue weighted by Crippen LogP contribution is 2.35. The van der Waals surface area contributed by atoms with Crippen molar-refractivity contribution in [3.63, 3.8) is 0 Å². The SMILES string of the molecule is N#Cc1c[nH]n2c(Nc3cccc(C(F)(F)F)c3)c(-c3ccc(Cl)cc3)nc12. The van der Waals surface area contributed by atoms with Gasteiger partial charge in [-0.2, -0.15) is 18.4 Å². The zero-order valence-corrected chi connectivity index (χ0v) is 14.8. The largest absolute Gasteiger partial charge is 0.416 e. The van der Waals surface area contributed by atoms with Gasteiger partial charge in [-0.15, -0.1) is 0 Å². The summed E-state index contributed by atoms with van der Waals surface area (Å²) >= 11 is 5.94. The molecular formula is C19H11ClF3N5. The fourth-order valence-electron chi connectivity index (χ4n) is 2.84. The lowest BCUT2D eigenvalue weighted by molar-refractivity contribution is -0.137. The van der Waals surface area contributed by atoms with Crippen LogP contribution in [0.15, 0.2) is 54.7 Å². The molecule has 2 aromatic carbocycles. The Morgan fingerprint density at radius 2 is 1.89 bits per heavy atom. The molecular weight excluding hydrogens is 391 g/mol. The lowest BCUT2D eigenvalue weighted by Crippen LogP contribution is -2.05. The Morgan fingerprint density at radius 1 is 1.14 bits per heavy atom. The number of hydrogen-bond acceptors (Lipinski definition) is 3. The van der Waals surface area contributed by atoms with E-state index in [0.29, 0.717) is 33.3 Å². The van der Waals surface area contributed by atoms with Crippen molar-refractivity contribution in [2.45, 2.75) is 6.18 Å². The number of nitrogens with one attached hydrogen (secondary N) is 2. The first-order valence-electron chi connectivity index (χ1n) is 8.07. The number of fused-ring (bicyclic) bond motifs is 1. The van der Waals surface area contributed by atoms with Gasteiger partial charge in [0.15, 0.2) is 11.5 Å². The number of rotatable bonds is 3. The highest BCUT2D eigenvalue weighted by molar-refractivity contribution is 6.30. The molecule has 0 aliphatic rings. The summed E-state index contributed by atoms with van der Waals surface area (Å²) in [7, 11) is 0. The summed E-state index contributed by atoms with van der Waals surface area (Å²) in [5, 5.41) is 15.7. The van der Waals surface area contributed by atoms with Gasteiger partial charge in [0.25, 0.3) is 0 Å². The van der Waals surface area contributed by atoms with E-state index in [1.54, 1.807) is 24.3 Å². The predicted octanol–water partition coefficient (Wildman–Crippen LogP) is 5.62. The first-order chi connectivity index (χ1) is 13.4. The summed E-state index contributed by atoms with van der Waals surface area (Å²) in [6.45, 7) is 0. The summed E-state index contributed by atoms with van der Waals surface area (Å²) in [4.78, 5) is 4.49. The molecule has 2 aromatic heterocycles. The molecule has 0 aliphatic carbocycles. The van der Waals surface area contributed by atoms with E-state index in [1.807, 2.05) is 6.07 Å². The van der Waals surface area contributed by atoms with Crippen LogP contribution < -0.4 is 5.32 Å². The lowest BCUT2D eigenvalue weighted by Gasteiger charge is -2.11. The molecule has 0 aliphatic heterocycles. The molecule has 9 heteroatoms. The molecule has 140 valence electrons. The van der Waals surface area contributed by atoms with Crippen molar-refractivity contribution < 1.29 is 13.2 Å². The second kappa shape index (κ2) is 6.62. The molecule has 0 saturated heterocycles. The zero-order valence-electron chi connectivity index (χ0n) is 14.0. The maximum absolute atomic E-state index is 13.0. The topological polar surface area (TPSA) is 68.9 Å². The highest BCUT2D eigenvalue weighted by Gasteiger charge is 2.30. The summed E-state index contributed by atoms with van der Waals surface area (Å²) in [5.41, 5.74) is 1.31. The van der Waals surface area contributed by atoms with Crippen molar-refractivity contribution in [1.29, 1.82) is 5.26 Å². The minimum Gasteiger partial charge on any atom is -0.338 e. The number of H-pyrrole nitrogens is 1. The Labute approximate surface area is 162 Å². The first-order valence-corrected chi connectivity index (χ1v) is 8.45. The van der Waals surface area contributed by atoms with Crippen LogP contribution in [0.4, 0.5) is 24.7 Å². The second-order valence-electron chi connectivity index (χ2n) is 5.98. The van der Waals surface area contributed by atoms with Crippen LogP contribution in [-0.4, -0.2) is 14.6 Å². The number of imidazole rings is 1. The molecule has 0 fully saturated rings. The minimum absolute atomic E-state index is 0.236. The maximum Gasteiger partial charge on any atom is 0.416 e. The zero-order chi connectivity index (χ0) is 19.9. The Balaban J connectivity index is 1.86. The lowest BCUT2D eigenvalue weighted by atomic mass is 10.1. The number of benzene rings is 2. The van der Waals surface area contributed by atoms with Gasteiger partial charge in [-0.3, -0.25) is 5.10 Å². The van der Waals surface area contributed by atoms with E-state index in [9.17, 15) is 18.4 Å². The normalized spacial score (nSPS) is 11.5. The molecule has 2 heterocycles. The van der Waals surface area contributed by atoms with Gasteiger partial charge >= 0.3 is 6.18 Å². The van der Waals surface area contributed by atoms with Crippen molar-refractivity contribution in [3.8, 4) is 17.3 Å². The van der Waals surface area contributed by atoms with Crippen molar-refractivity contribution in [1.82, 2.24) is 14.6 Å². The fourth-order valence-corrected chi connectivity index (χ4v) is 2.96. The predicted molar refractivity (Wildman–Crippen MR) is 99.4 cm³/mol. The molecule has 0 spiro atoms. The van der Waals surface area contributed by atoms with Crippen LogP contribution in [0.3, 0.4) is 0 Å².